The van der Waals surface area contributed by atoms with Gasteiger partial charge in [0.1, 0.15) is 5.75 Å². The van der Waals surface area contributed by atoms with Crippen LogP contribution in [0.3, 0.4) is 0 Å². The molecule has 1 aliphatic carbocycles. The van der Waals surface area contributed by atoms with Gasteiger partial charge in [-0.2, -0.15) is 22.0 Å². The van der Waals surface area contributed by atoms with Crippen LogP contribution in [-0.2, 0) is 6.11 Å². The number of halogens is 7. The molecule has 0 atom stereocenters. The highest BCUT2D eigenvalue weighted by atomic mass is 19.3. The molecule has 0 N–H and O–H groups in total. The van der Waals surface area contributed by atoms with E-state index < -0.39 is 46.9 Å². The third-order valence-corrected chi connectivity index (χ3v) is 6.92. The van der Waals surface area contributed by atoms with E-state index in [1.165, 1.54) is 37.0 Å². The molecule has 202 valence electrons. The fourth-order valence-corrected chi connectivity index (χ4v) is 4.74. The maximum absolute atomic E-state index is 14.7. The second-order valence-electron chi connectivity index (χ2n) is 9.30. The third kappa shape index (κ3) is 6.31. The molecule has 38 heavy (non-hydrogen) atoms. The normalized spacial score (nSPS) is 17.7. The van der Waals surface area contributed by atoms with Crippen molar-refractivity contribution in [3.05, 3.63) is 95.5 Å². The van der Waals surface area contributed by atoms with Gasteiger partial charge in [-0.1, -0.05) is 49.7 Å². The summed E-state index contributed by atoms with van der Waals surface area (Å²) in [5.74, 6) is -4.54. The predicted octanol–water partition coefficient (Wildman–Crippen LogP) is 9.86. The van der Waals surface area contributed by atoms with Crippen molar-refractivity contribution >= 4 is 0 Å². The number of benzene rings is 3. The lowest BCUT2D eigenvalue weighted by Crippen LogP contribution is -2.22. The van der Waals surface area contributed by atoms with Crippen LogP contribution >= 0.6 is 0 Å². The molecular formula is C29H25F7O2. The van der Waals surface area contributed by atoms with Crippen molar-refractivity contribution in [2.24, 2.45) is 5.92 Å². The topological polar surface area (TPSA) is 18.5 Å². The van der Waals surface area contributed by atoms with Crippen LogP contribution in [0, 0.1) is 17.6 Å². The van der Waals surface area contributed by atoms with Gasteiger partial charge in [-0.25, -0.2) is 8.78 Å². The summed E-state index contributed by atoms with van der Waals surface area (Å²) < 4.78 is 103. The van der Waals surface area contributed by atoms with Gasteiger partial charge >= 0.3 is 18.2 Å². The van der Waals surface area contributed by atoms with Crippen LogP contribution in [0.2, 0.25) is 0 Å². The fraction of sp³-hybridized carbons (Fsp3) is 0.310. The average molecular weight is 539 g/mol. The SMILES string of the molecule is CCC1CCC(c2ccc(-c3ccc(C(F)(F)Oc4cc(F)c(OC(F)=C(F)F)c(F)c4)cc3)cc2)CC1. The zero-order valence-corrected chi connectivity index (χ0v) is 20.4. The Kier molecular flexibility index (Phi) is 8.33. The summed E-state index contributed by atoms with van der Waals surface area (Å²) in [6.07, 6.45) is -0.935. The Bertz CT molecular complexity index is 1250. The van der Waals surface area contributed by atoms with Crippen LogP contribution in [0.1, 0.15) is 56.1 Å². The zero-order chi connectivity index (χ0) is 27.4. The molecule has 1 fully saturated rings. The summed E-state index contributed by atoms with van der Waals surface area (Å²) in [4.78, 5) is 0. The van der Waals surface area contributed by atoms with Crippen molar-refractivity contribution in [3.63, 3.8) is 0 Å². The van der Waals surface area contributed by atoms with E-state index in [2.05, 4.69) is 28.5 Å². The van der Waals surface area contributed by atoms with E-state index in [0.717, 1.165) is 36.5 Å². The Morgan fingerprint density at radius 1 is 0.816 bits per heavy atom. The summed E-state index contributed by atoms with van der Waals surface area (Å²) in [5.41, 5.74) is 2.22. The van der Waals surface area contributed by atoms with Gasteiger partial charge in [0.25, 0.3) is 0 Å². The maximum Gasteiger partial charge on any atom is 0.426 e. The van der Waals surface area contributed by atoms with E-state index in [1.54, 1.807) is 0 Å². The van der Waals surface area contributed by atoms with Gasteiger partial charge in [0.15, 0.2) is 11.6 Å². The van der Waals surface area contributed by atoms with Gasteiger partial charge in [0.2, 0.25) is 5.75 Å². The summed E-state index contributed by atoms with van der Waals surface area (Å²) in [6.45, 7) is 2.22. The Morgan fingerprint density at radius 2 is 1.34 bits per heavy atom. The van der Waals surface area contributed by atoms with Crippen molar-refractivity contribution in [2.45, 2.75) is 51.1 Å². The number of alkyl halides is 2. The van der Waals surface area contributed by atoms with Crippen molar-refractivity contribution in [1.82, 2.24) is 0 Å². The highest BCUT2D eigenvalue weighted by Crippen LogP contribution is 2.39. The van der Waals surface area contributed by atoms with Gasteiger partial charge in [0, 0.05) is 12.1 Å². The molecule has 2 nitrogen and oxygen atoms in total. The molecule has 1 aliphatic rings. The number of ether oxygens (including phenoxy) is 2. The summed E-state index contributed by atoms with van der Waals surface area (Å²) >= 11 is 0. The highest BCUT2D eigenvalue weighted by Gasteiger charge is 2.35. The summed E-state index contributed by atoms with van der Waals surface area (Å²) in [7, 11) is 0. The van der Waals surface area contributed by atoms with E-state index in [1.807, 2.05) is 12.1 Å². The molecule has 0 bridgehead atoms. The highest BCUT2D eigenvalue weighted by molar-refractivity contribution is 5.64. The standard InChI is InChI=1S/C29H25F7O2/c1-2-17-3-5-18(6-4-17)19-7-9-20(10-8-19)21-11-13-22(14-12-21)29(35,36)38-23-15-24(30)26(25(31)16-23)37-28(34)27(32)33/h7-18H,2-6H2,1H3. The van der Waals surface area contributed by atoms with Crippen LogP contribution < -0.4 is 9.47 Å². The summed E-state index contributed by atoms with van der Waals surface area (Å²) in [5, 5.41) is 0. The van der Waals surface area contributed by atoms with Crippen molar-refractivity contribution in [1.29, 1.82) is 0 Å². The van der Waals surface area contributed by atoms with E-state index in [9.17, 15) is 30.7 Å². The molecule has 0 saturated heterocycles. The second kappa shape index (κ2) is 11.5. The maximum atomic E-state index is 14.7. The fourth-order valence-electron chi connectivity index (χ4n) is 4.74. The summed E-state index contributed by atoms with van der Waals surface area (Å²) in [6, 6.07) is 11.3. The van der Waals surface area contributed by atoms with E-state index in [4.69, 9.17) is 0 Å². The molecule has 0 radical (unpaired) electrons. The van der Waals surface area contributed by atoms with Gasteiger partial charge in [-0.15, -0.1) is 0 Å². The molecule has 9 heteroatoms. The molecule has 0 aromatic heterocycles. The van der Waals surface area contributed by atoms with Gasteiger partial charge < -0.3 is 9.47 Å². The molecule has 0 heterocycles. The minimum absolute atomic E-state index is 0.278. The van der Waals surface area contributed by atoms with E-state index in [-0.39, 0.29) is 12.1 Å². The van der Waals surface area contributed by atoms with E-state index in [0.29, 0.717) is 11.5 Å². The molecule has 3 aromatic carbocycles. The Hall–Kier alpha value is -3.49. The lowest BCUT2D eigenvalue weighted by molar-refractivity contribution is -0.185. The lowest BCUT2D eigenvalue weighted by Gasteiger charge is -2.28. The van der Waals surface area contributed by atoms with E-state index >= 15 is 0 Å². The Morgan fingerprint density at radius 3 is 1.84 bits per heavy atom. The number of hydrogen-bond acceptors (Lipinski definition) is 2. The first-order valence-electron chi connectivity index (χ1n) is 12.2. The molecule has 0 aliphatic heterocycles. The van der Waals surface area contributed by atoms with Gasteiger partial charge in [0.05, 0.1) is 5.56 Å². The smallest absolute Gasteiger partial charge is 0.426 e. The molecule has 0 unspecified atom stereocenters. The molecule has 0 amide bonds. The molecule has 1 saturated carbocycles. The number of rotatable bonds is 8. The molecule has 0 spiro atoms. The van der Waals surface area contributed by atoms with Crippen molar-refractivity contribution < 1.29 is 40.2 Å². The Labute approximate surface area is 215 Å². The third-order valence-electron chi connectivity index (χ3n) is 6.92. The largest absolute Gasteiger partial charge is 0.429 e. The van der Waals surface area contributed by atoms with Gasteiger partial charge in [-0.3, -0.25) is 0 Å². The Balaban J connectivity index is 1.44. The number of hydrogen-bond donors (Lipinski definition) is 0. The van der Waals surface area contributed by atoms with Crippen molar-refractivity contribution in [2.75, 3.05) is 0 Å². The quantitative estimate of drug-likeness (QED) is 0.210. The molecule has 4 rings (SSSR count). The first-order valence-corrected chi connectivity index (χ1v) is 12.2. The average Bonchev–Trinajstić information content (AvgIpc) is 2.90. The minimum atomic E-state index is -3.99. The first kappa shape index (κ1) is 27.5. The predicted molar refractivity (Wildman–Crippen MR) is 129 cm³/mol. The van der Waals surface area contributed by atoms with Crippen molar-refractivity contribution in [3.8, 4) is 22.6 Å². The monoisotopic (exact) mass is 538 g/mol. The van der Waals surface area contributed by atoms with Crippen LogP contribution in [0.5, 0.6) is 11.5 Å². The van der Waals surface area contributed by atoms with Crippen LogP contribution in [0.15, 0.2) is 72.8 Å². The zero-order valence-electron chi connectivity index (χ0n) is 20.4. The first-order chi connectivity index (χ1) is 18.1. The lowest BCUT2D eigenvalue weighted by atomic mass is 9.77. The molecular weight excluding hydrogens is 513 g/mol. The second-order valence-corrected chi connectivity index (χ2v) is 9.30. The van der Waals surface area contributed by atoms with Crippen LogP contribution in [0.25, 0.3) is 11.1 Å². The van der Waals surface area contributed by atoms with Crippen LogP contribution in [0.4, 0.5) is 30.7 Å². The molecule has 3 aromatic rings. The van der Waals surface area contributed by atoms with Gasteiger partial charge in [-0.05, 0) is 66.3 Å². The van der Waals surface area contributed by atoms with Crippen LogP contribution in [-0.4, -0.2) is 0 Å². The minimum Gasteiger partial charge on any atom is -0.429 e.